The minimum Gasteiger partial charge on any atom is -0.475 e. The molecule has 2 N–H and O–H groups in total. The average molecular weight is 279 g/mol. The Hall–Kier alpha value is -1.66. The van der Waals surface area contributed by atoms with Crippen molar-refractivity contribution in [3.8, 4) is 5.88 Å². The molecule has 0 aromatic carbocycles. The van der Waals surface area contributed by atoms with Gasteiger partial charge in [-0.3, -0.25) is 4.79 Å². The van der Waals surface area contributed by atoms with Crippen LogP contribution in [0.25, 0.3) is 0 Å². The molecule has 0 aliphatic carbocycles. The third-order valence-corrected chi connectivity index (χ3v) is 3.48. The van der Waals surface area contributed by atoms with Crippen molar-refractivity contribution < 1.29 is 14.3 Å². The summed E-state index contributed by atoms with van der Waals surface area (Å²) in [6.45, 7) is 4.77. The van der Waals surface area contributed by atoms with Gasteiger partial charge in [0, 0.05) is 19.1 Å². The smallest absolute Gasteiger partial charge is 0.227 e. The number of hydrogen-bond acceptors (Lipinski definition) is 5. The van der Waals surface area contributed by atoms with Gasteiger partial charge in [0.15, 0.2) is 0 Å². The summed E-state index contributed by atoms with van der Waals surface area (Å²) in [5.41, 5.74) is 0.688. The Morgan fingerprint density at radius 2 is 2.30 bits per heavy atom. The minimum absolute atomic E-state index is 0.00822. The molecule has 1 saturated heterocycles. The molecule has 1 aromatic rings. The molecular weight excluding hydrogens is 258 g/mol. The van der Waals surface area contributed by atoms with Crippen LogP contribution in [0.4, 0.5) is 5.69 Å². The number of nitrogens with one attached hydrogen (secondary N) is 2. The highest BCUT2D eigenvalue weighted by Gasteiger charge is 2.28. The van der Waals surface area contributed by atoms with Crippen LogP contribution in [0.5, 0.6) is 5.88 Å². The molecule has 0 saturated carbocycles. The van der Waals surface area contributed by atoms with Crippen LogP contribution in [0.15, 0.2) is 18.3 Å². The molecule has 1 aliphatic heterocycles. The van der Waals surface area contributed by atoms with Gasteiger partial charge >= 0.3 is 0 Å². The Labute approximate surface area is 118 Å². The highest BCUT2D eigenvalue weighted by molar-refractivity contribution is 5.92. The maximum atomic E-state index is 12.0. The number of rotatable bonds is 7. The van der Waals surface area contributed by atoms with E-state index in [2.05, 4.69) is 15.6 Å². The van der Waals surface area contributed by atoms with Crippen molar-refractivity contribution in [2.24, 2.45) is 11.8 Å². The number of nitrogens with zero attached hydrogens (tertiary/aromatic N) is 1. The van der Waals surface area contributed by atoms with Crippen molar-refractivity contribution >= 4 is 11.6 Å². The van der Waals surface area contributed by atoms with E-state index in [1.54, 1.807) is 25.4 Å². The van der Waals surface area contributed by atoms with E-state index < -0.39 is 0 Å². The van der Waals surface area contributed by atoms with Crippen LogP contribution in [0, 0.1) is 11.8 Å². The maximum Gasteiger partial charge on any atom is 0.227 e. The fraction of sp³-hybridized carbons (Fsp3) is 0.571. The first-order chi connectivity index (χ1) is 9.70. The lowest BCUT2D eigenvalue weighted by molar-refractivity contribution is -0.121. The summed E-state index contributed by atoms with van der Waals surface area (Å²) in [4.78, 5) is 16.2. The zero-order valence-electron chi connectivity index (χ0n) is 11.9. The van der Waals surface area contributed by atoms with Gasteiger partial charge in [0.2, 0.25) is 11.8 Å². The number of amides is 1. The molecule has 0 bridgehead atoms. The third-order valence-electron chi connectivity index (χ3n) is 3.48. The van der Waals surface area contributed by atoms with Gasteiger partial charge in [0.05, 0.1) is 18.5 Å². The lowest BCUT2D eigenvalue weighted by Crippen LogP contribution is -2.48. The van der Waals surface area contributed by atoms with Gasteiger partial charge in [0.1, 0.15) is 6.61 Å². The fourth-order valence-corrected chi connectivity index (χ4v) is 1.90. The van der Waals surface area contributed by atoms with Gasteiger partial charge in [-0.1, -0.05) is 6.92 Å². The Balaban J connectivity index is 1.81. The van der Waals surface area contributed by atoms with Crippen molar-refractivity contribution in [2.75, 3.05) is 38.7 Å². The van der Waals surface area contributed by atoms with Crippen molar-refractivity contribution in [3.05, 3.63) is 18.3 Å². The largest absolute Gasteiger partial charge is 0.475 e. The number of methoxy groups -OCH3 is 1. The Bertz CT molecular complexity index is 432. The number of hydrogen-bond donors (Lipinski definition) is 2. The molecule has 110 valence electrons. The van der Waals surface area contributed by atoms with E-state index in [1.165, 1.54) is 0 Å². The second-order valence-corrected chi connectivity index (χ2v) is 4.92. The van der Waals surface area contributed by atoms with Crippen LogP contribution in [0.2, 0.25) is 0 Å². The van der Waals surface area contributed by atoms with Crippen LogP contribution < -0.4 is 15.4 Å². The van der Waals surface area contributed by atoms with E-state index in [1.807, 2.05) is 6.92 Å². The van der Waals surface area contributed by atoms with Crippen LogP contribution in [0.1, 0.15) is 6.92 Å². The first-order valence-electron chi connectivity index (χ1n) is 6.80. The van der Waals surface area contributed by atoms with Crippen LogP contribution in [0.3, 0.4) is 0 Å². The van der Waals surface area contributed by atoms with Gasteiger partial charge in [-0.05, 0) is 25.1 Å². The van der Waals surface area contributed by atoms with Crippen molar-refractivity contribution in [1.29, 1.82) is 0 Å². The Kier molecular flexibility index (Phi) is 5.31. The first-order valence-corrected chi connectivity index (χ1v) is 6.80. The molecule has 1 aromatic heterocycles. The second-order valence-electron chi connectivity index (χ2n) is 4.92. The van der Waals surface area contributed by atoms with E-state index in [0.29, 0.717) is 30.7 Å². The molecule has 1 amide bonds. The van der Waals surface area contributed by atoms with Crippen molar-refractivity contribution in [3.63, 3.8) is 0 Å². The van der Waals surface area contributed by atoms with Gasteiger partial charge in [-0.15, -0.1) is 0 Å². The number of aromatic nitrogens is 1. The normalized spacial score (nSPS) is 16.3. The molecule has 2 heterocycles. The van der Waals surface area contributed by atoms with E-state index in [-0.39, 0.29) is 11.8 Å². The van der Waals surface area contributed by atoms with Crippen LogP contribution >= 0.6 is 0 Å². The Morgan fingerprint density at radius 3 is 2.85 bits per heavy atom. The molecule has 6 heteroatoms. The van der Waals surface area contributed by atoms with Crippen LogP contribution in [-0.2, 0) is 9.53 Å². The molecule has 6 nitrogen and oxygen atoms in total. The zero-order chi connectivity index (χ0) is 14.4. The topological polar surface area (TPSA) is 72.5 Å². The summed E-state index contributed by atoms with van der Waals surface area (Å²) in [5.74, 6) is 0.996. The lowest BCUT2D eigenvalue weighted by Gasteiger charge is -2.31. The Morgan fingerprint density at radius 1 is 1.50 bits per heavy atom. The molecule has 2 rings (SSSR count). The summed E-state index contributed by atoms with van der Waals surface area (Å²) < 4.78 is 10.3. The van der Waals surface area contributed by atoms with Crippen molar-refractivity contribution in [2.45, 2.75) is 6.92 Å². The SMILES string of the molecule is COCCOc1ccc(NC(=O)C(C)C2CNC2)cn1. The highest BCUT2D eigenvalue weighted by Crippen LogP contribution is 2.18. The minimum atomic E-state index is 0.00822. The van der Waals surface area contributed by atoms with Gasteiger partial charge in [0.25, 0.3) is 0 Å². The molecule has 1 fully saturated rings. The quantitative estimate of drug-likeness (QED) is 0.726. The predicted octanol–water partition coefficient (Wildman–Crippen LogP) is 0.901. The summed E-state index contributed by atoms with van der Waals surface area (Å²) in [7, 11) is 1.62. The predicted molar refractivity (Wildman–Crippen MR) is 75.8 cm³/mol. The van der Waals surface area contributed by atoms with E-state index in [0.717, 1.165) is 13.1 Å². The lowest BCUT2D eigenvalue weighted by atomic mass is 9.88. The van der Waals surface area contributed by atoms with Crippen molar-refractivity contribution in [1.82, 2.24) is 10.3 Å². The molecule has 1 unspecified atom stereocenters. The molecule has 20 heavy (non-hydrogen) atoms. The van der Waals surface area contributed by atoms with Gasteiger partial charge < -0.3 is 20.1 Å². The summed E-state index contributed by atoms with van der Waals surface area (Å²) in [6, 6.07) is 3.53. The van der Waals surface area contributed by atoms with Crippen LogP contribution in [-0.4, -0.2) is 44.3 Å². The van der Waals surface area contributed by atoms with E-state index in [9.17, 15) is 4.79 Å². The fourth-order valence-electron chi connectivity index (χ4n) is 1.90. The number of carbonyl (C=O) groups excluding carboxylic acids is 1. The molecule has 1 atom stereocenters. The zero-order valence-corrected chi connectivity index (χ0v) is 11.9. The summed E-state index contributed by atoms with van der Waals surface area (Å²) in [5, 5.41) is 6.05. The standard InChI is InChI=1S/C14H21N3O3/c1-10(11-7-15-8-11)14(18)17-12-3-4-13(16-9-12)20-6-5-19-2/h3-4,9-11,15H,5-8H2,1-2H3,(H,17,18). The summed E-state index contributed by atoms with van der Waals surface area (Å²) >= 11 is 0. The maximum absolute atomic E-state index is 12.0. The highest BCUT2D eigenvalue weighted by atomic mass is 16.5. The van der Waals surface area contributed by atoms with Gasteiger partial charge in [-0.25, -0.2) is 4.98 Å². The van der Waals surface area contributed by atoms with Gasteiger partial charge in [-0.2, -0.15) is 0 Å². The molecule has 0 spiro atoms. The number of carbonyl (C=O) groups is 1. The number of ether oxygens (including phenoxy) is 2. The van der Waals surface area contributed by atoms with E-state index >= 15 is 0 Å². The van der Waals surface area contributed by atoms with E-state index in [4.69, 9.17) is 9.47 Å². The molecule has 0 radical (unpaired) electrons. The number of anilines is 1. The average Bonchev–Trinajstić information content (AvgIpc) is 2.39. The second kappa shape index (κ2) is 7.21. The first kappa shape index (κ1) is 14.7. The molecule has 1 aliphatic rings. The monoisotopic (exact) mass is 279 g/mol. The third kappa shape index (κ3) is 3.91. The molecular formula is C14H21N3O3. The summed E-state index contributed by atoms with van der Waals surface area (Å²) in [6.07, 6.45) is 1.60. The number of pyridine rings is 1.